The highest BCUT2D eigenvalue weighted by Crippen LogP contribution is 2.45. The van der Waals surface area contributed by atoms with E-state index in [1.54, 1.807) is 0 Å². The van der Waals surface area contributed by atoms with Crippen molar-refractivity contribution < 1.29 is 28.7 Å². The number of hydrogen-bond donors (Lipinski definition) is 2. The quantitative estimate of drug-likeness (QED) is 0.255. The molecule has 2 aliphatic carbocycles. The zero-order valence-electron chi connectivity index (χ0n) is 26.2. The average molecular weight is 605 g/mol. The highest BCUT2D eigenvalue weighted by atomic mass is 16.5. The molecule has 0 spiro atoms. The second kappa shape index (κ2) is 16.4. The molecule has 0 radical (unpaired) electrons. The molecule has 0 bridgehead atoms. The number of amides is 2. The van der Waals surface area contributed by atoms with Crippen molar-refractivity contribution in [2.75, 3.05) is 0 Å². The van der Waals surface area contributed by atoms with Crippen LogP contribution in [0, 0.1) is 17.3 Å². The molecule has 4 rings (SSSR count). The van der Waals surface area contributed by atoms with Gasteiger partial charge in [-0.25, -0.2) is 0 Å². The first-order valence-corrected chi connectivity index (χ1v) is 16.3. The Morgan fingerprint density at radius 3 is 1.95 bits per heavy atom. The summed E-state index contributed by atoms with van der Waals surface area (Å²) in [6.45, 7) is 4.24. The molecule has 2 aromatic carbocycles. The van der Waals surface area contributed by atoms with E-state index in [-0.39, 0.29) is 61.4 Å². The van der Waals surface area contributed by atoms with Gasteiger partial charge in [-0.15, -0.1) is 0 Å². The molecule has 0 heterocycles. The lowest BCUT2D eigenvalue weighted by Gasteiger charge is -2.35. The molecule has 1 unspecified atom stereocenters. The predicted molar refractivity (Wildman–Crippen MR) is 168 cm³/mol. The molecule has 2 N–H and O–H groups in total. The van der Waals surface area contributed by atoms with Crippen molar-refractivity contribution in [3.05, 3.63) is 71.8 Å². The smallest absolute Gasteiger partial charge is 0.309 e. The Balaban J connectivity index is 1.34. The van der Waals surface area contributed by atoms with Crippen molar-refractivity contribution >= 4 is 23.8 Å². The summed E-state index contributed by atoms with van der Waals surface area (Å²) in [7, 11) is 0. The predicted octanol–water partition coefficient (Wildman–Crippen LogP) is 6.02. The largest absolute Gasteiger partial charge is 0.461 e. The SMILES string of the molecule is CC(C)NC(=O)CCC(CC1(C(=O)N[C@H]2CC[C@@H](C(=O)OCc3ccccc3)CC2)CCCC1)C(=O)OCc1ccccc1. The summed E-state index contributed by atoms with van der Waals surface area (Å²) in [5.41, 5.74) is 1.19. The molecule has 0 saturated heterocycles. The van der Waals surface area contributed by atoms with Gasteiger partial charge in [0.15, 0.2) is 0 Å². The van der Waals surface area contributed by atoms with Crippen LogP contribution < -0.4 is 10.6 Å². The Morgan fingerprint density at radius 1 is 0.818 bits per heavy atom. The Morgan fingerprint density at radius 2 is 1.39 bits per heavy atom. The van der Waals surface area contributed by atoms with E-state index in [9.17, 15) is 19.2 Å². The number of carbonyl (C=O) groups excluding carboxylic acids is 4. The highest BCUT2D eigenvalue weighted by molar-refractivity contribution is 5.84. The third kappa shape index (κ3) is 9.93. The number of carbonyl (C=O) groups is 4. The molecule has 238 valence electrons. The zero-order valence-corrected chi connectivity index (χ0v) is 26.2. The van der Waals surface area contributed by atoms with Gasteiger partial charge in [0, 0.05) is 18.5 Å². The van der Waals surface area contributed by atoms with Gasteiger partial charge < -0.3 is 20.1 Å². The molecular weight excluding hydrogens is 556 g/mol. The minimum Gasteiger partial charge on any atom is -0.461 e. The van der Waals surface area contributed by atoms with Gasteiger partial charge >= 0.3 is 11.9 Å². The van der Waals surface area contributed by atoms with Crippen molar-refractivity contribution in [3.8, 4) is 0 Å². The van der Waals surface area contributed by atoms with Gasteiger partial charge in [-0.1, -0.05) is 73.5 Å². The van der Waals surface area contributed by atoms with Crippen LogP contribution in [0.2, 0.25) is 0 Å². The topological polar surface area (TPSA) is 111 Å². The van der Waals surface area contributed by atoms with E-state index in [1.165, 1.54) is 0 Å². The van der Waals surface area contributed by atoms with Crippen LogP contribution in [0.15, 0.2) is 60.7 Å². The van der Waals surface area contributed by atoms with Crippen LogP contribution in [0.5, 0.6) is 0 Å². The molecule has 2 aromatic rings. The Kier molecular flexibility index (Phi) is 12.4. The first kappa shape index (κ1) is 33.2. The molecule has 8 nitrogen and oxygen atoms in total. The lowest BCUT2D eigenvalue weighted by molar-refractivity contribution is -0.152. The van der Waals surface area contributed by atoms with E-state index in [0.29, 0.717) is 51.4 Å². The standard InChI is InChI=1S/C36H48N2O6/c1-26(2)37-32(39)20-17-30(34(41)44-25-28-13-7-4-8-14-28)23-36(21-9-10-22-36)35(42)38-31-18-15-29(16-19-31)33(40)43-24-27-11-5-3-6-12-27/h3-8,11-14,26,29-31H,9-10,15-25H2,1-2H3,(H,37,39)(H,38,42)/t29-,30?,31+. The number of ether oxygens (including phenoxy) is 2. The van der Waals surface area contributed by atoms with E-state index in [4.69, 9.17) is 9.47 Å². The van der Waals surface area contributed by atoms with Crippen molar-refractivity contribution in [2.24, 2.45) is 17.3 Å². The first-order valence-electron chi connectivity index (χ1n) is 16.3. The maximum atomic E-state index is 13.9. The molecule has 0 aliphatic heterocycles. The molecule has 1 atom stereocenters. The summed E-state index contributed by atoms with van der Waals surface area (Å²) in [4.78, 5) is 52.5. The molecule has 2 saturated carbocycles. The minimum absolute atomic E-state index is 0.0127. The van der Waals surface area contributed by atoms with Gasteiger partial charge in [0.05, 0.1) is 17.3 Å². The van der Waals surface area contributed by atoms with Gasteiger partial charge in [0.2, 0.25) is 11.8 Å². The zero-order chi connectivity index (χ0) is 31.4. The second-order valence-corrected chi connectivity index (χ2v) is 12.9. The summed E-state index contributed by atoms with van der Waals surface area (Å²) < 4.78 is 11.3. The van der Waals surface area contributed by atoms with Gasteiger partial charge in [-0.2, -0.15) is 0 Å². The van der Waals surface area contributed by atoms with E-state index in [1.807, 2.05) is 74.5 Å². The van der Waals surface area contributed by atoms with Crippen LogP contribution in [0.25, 0.3) is 0 Å². The third-order valence-corrected chi connectivity index (χ3v) is 9.03. The van der Waals surface area contributed by atoms with Crippen molar-refractivity contribution in [1.29, 1.82) is 0 Å². The Hall–Kier alpha value is -3.68. The summed E-state index contributed by atoms with van der Waals surface area (Å²) in [6, 6.07) is 19.2. The fourth-order valence-electron chi connectivity index (χ4n) is 6.56. The van der Waals surface area contributed by atoms with Crippen LogP contribution in [-0.4, -0.2) is 35.8 Å². The fourth-order valence-corrected chi connectivity index (χ4v) is 6.56. The van der Waals surface area contributed by atoms with Crippen molar-refractivity contribution in [1.82, 2.24) is 10.6 Å². The van der Waals surface area contributed by atoms with Gasteiger partial charge in [0.1, 0.15) is 13.2 Å². The van der Waals surface area contributed by atoms with Crippen LogP contribution >= 0.6 is 0 Å². The van der Waals surface area contributed by atoms with Crippen LogP contribution in [-0.2, 0) is 41.9 Å². The molecule has 44 heavy (non-hydrogen) atoms. The van der Waals surface area contributed by atoms with E-state index in [0.717, 1.165) is 24.0 Å². The molecule has 2 amide bonds. The van der Waals surface area contributed by atoms with Gasteiger partial charge in [-0.05, 0) is 76.3 Å². The summed E-state index contributed by atoms with van der Waals surface area (Å²) in [5, 5.41) is 6.19. The lowest BCUT2D eigenvalue weighted by Crippen LogP contribution is -2.47. The fraction of sp³-hybridized carbons (Fsp3) is 0.556. The minimum atomic E-state index is -0.670. The summed E-state index contributed by atoms with van der Waals surface area (Å²) in [5.74, 6) is -1.38. The first-order chi connectivity index (χ1) is 21.2. The number of hydrogen-bond acceptors (Lipinski definition) is 6. The number of esters is 2. The third-order valence-electron chi connectivity index (χ3n) is 9.03. The monoisotopic (exact) mass is 604 g/mol. The molecule has 2 aliphatic rings. The molecular formula is C36H48N2O6. The maximum absolute atomic E-state index is 13.9. The highest BCUT2D eigenvalue weighted by Gasteiger charge is 2.45. The van der Waals surface area contributed by atoms with Crippen molar-refractivity contribution in [2.45, 2.75) is 110 Å². The van der Waals surface area contributed by atoms with E-state index in [2.05, 4.69) is 10.6 Å². The Labute approximate surface area is 261 Å². The molecule has 2 fully saturated rings. The maximum Gasteiger partial charge on any atom is 0.309 e. The molecule has 8 heteroatoms. The number of benzene rings is 2. The van der Waals surface area contributed by atoms with Crippen molar-refractivity contribution in [3.63, 3.8) is 0 Å². The summed E-state index contributed by atoms with van der Waals surface area (Å²) >= 11 is 0. The van der Waals surface area contributed by atoms with Crippen LogP contribution in [0.4, 0.5) is 0 Å². The second-order valence-electron chi connectivity index (χ2n) is 12.9. The number of nitrogens with one attached hydrogen (secondary N) is 2. The Bertz CT molecular complexity index is 1220. The van der Waals surface area contributed by atoms with Crippen LogP contribution in [0.1, 0.15) is 95.6 Å². The van der Waals surface area contributed by atoms with Gasteiger partial charge in [0.25, 0.3) is 0 Å². The van der Waals surface area contributed by atoms with Gasteiger partial charge in [-0.3, -0.25) is 19.2 Å². The normalized spacial score (nSPS) is 20.0. The number of rotatable bonds is 14. The average Bonchev–Trinajstić information content (AvgIpc) is 3.51. The lowest BCUT2D eigenvalue weighted by atomic mass is 9.75. The van der Waals surface area contributed by atoms with Crippen LogP contribution in [0.3, 0.4) is 0 Å². The van der Waals surface area contributed by atoms with E-state index < -0.39 is 11.3 Å². The molecule has 0 aromatic heterocycles. The van der Waals surface area contributed by atoms with E-state index >= 15 is 0 Å². The summed E-state index contributed by atoms with van der Waals surface area (Å²) in [6.07, 6.45) is 6.93.